The quantitative estimate of drug-likeness (QED) is 0.249. The van der Waals surface area contributed by atoms with Crippen LogP contribution in [0.4, 0.5) is 9.18 Å². The highest BCUT2D eigenvalue weighted by Crippen LogP contribution is 2.35. The first-order valence-corrected chi connectivity index (χ1v) is 13.2. The van der Waals surface area contributed by atoms with Gasteiger partial charge in [0.15, 0.2) is 5.58 Å². The smallest absolute Gasteiger partial charge is 0.434 e. The lowest BCUT2D eigenvalue weighted by Gasteiger charge is -2.42. The largest absolute Gasteiger partial charge is 0.512 e. The molecular formula is C28H37FN4O5. The van der Waals surface area contributed by atoms with Crippen LogP contribution in [0, 0.1) is 20.2 Å². The van der Waals surface area contributed by atoms with Crippen LogP contribution >= 0.6 is 0 Å². The minimum atomic E-state index is -0.682. The molecule has 2 aromatic heterocycles. The Morgan fingerprint density at radius 2 is 2.03 bits per heavy atom. The van der Waals surface area contributed by atoms with Crippen LogP contribution < -0.4 is 5.56 Å². The van der Waals surface area contributed by atoms with E-state index in [1.165, 1.54) is 12.1 Å². The predicted molar refractivity (Wildman–Crippen MR) is 140 cm³/mol. The summed E-state index contributed by atoms with van der Waals surface area (Å²) >= 11 is 0. The first kappa shape index (κ1) is 27.8. The van der Waals surface area contributed by atoms with Gasteiger partial charge in [-0.2, -0.15) is 0 Å². The van der Waals surface area contributed by atoms with Crippen LogP contribution in [0.2, 0.25) is 0 Å². The van der Waals surface area contributed by atoms with Crippen LogP contribution in [0.1, 0.15) is 61.3 Å². The summed E-state index contributed by atoms with van der Waals surface area (Å²) in [6, 6.07) is 4.50. The number of hydrogen-bond donors (Lipinski definition) is 0. The molecule has 4 heterocycles. The van der Waals surface area contributed by atoms with Crippen LogP contribution in [0.25, 0.3) is 11.0 Å². The molecule has 0 bridgehead atoms. The Balaban J connectivity index is 0.00000336. The third kappa shape index (κ3) is 5.60. The van der Waals surface area contributed by atoms with Crippen molar-refractivity contribution >= 4 is 17.1 Å². The second-order valence-corrected chi connectivity index (χ2v) is 10.2. The molecule has 9 nitrogen and oxygen atoms in total. The van der Waals surface area contributed by atoms with E-state index >= 15 is 0 Å². The maximum atomic E-state index is 13.6. The molecule has 38 heavy (non-hydrogen) atoms. The van der Waals surface area contributed by atoms with Crippen molar-refractivity contribution in [2.75, 3.05) is 33.0 Å². The Bertz CT molecular complexity index is 1340. The molecule has 3 aromatic rings. The number of nitrogens with zero attached hydrogens (tertiary/aromatic N) is 4. The van der Waals surface area contributed by atoms with E-state index in [4.69, 9.17) is 19.0 Å². The van der Waals surface area contributed by atoms with Crippen LogP contribution in [-0.2, 0) is 28.9 Å². The summed E-state index contributed by atoms with van der Waals surface area (Å²) in [7, 11) is 0. The van der Waals surface area contributed by atoms with E-state index < -0.39 is 6.16 Å². The van der Waals surface area contributed by atoms with Gasteiger partial charge in [-0.3, -0.25) is 13.8 Å². The molecule has 2 aliphatic heterocycles. The second-order valence-electron chi connectivity index (χ2n) is 10.2. The maximum Gasteiger partial charge on any atom is 0.512 e. The van der Waals surface area contributed by atoms with Gasteiger partial charge in [0.2, 0.25) is 6.73 Å². The van der Waals surface area contributed by atoms with Gasteiger partial charge in [-0.05, 0) is 38.8 Å². The number of fused-ring (bicyclic) bond motifs is 2. The number of benzene rings is 1. The standard InChI is InChI=1S/C27H34FN4O5.CH3/c1-3-35-27(34)36-17-32(15-11-21-18(2)29-24-6-4-5-12-31(24)26(21)33)13-9-19(10-14-32)25-22-8-7-20(28)16-23(22)37-30-25;/h7-8,16,19H,3-6,9-15,17H2,1-2H3;1H3/q+1;-1. The van der Waals surface area contributed by atoms with E-state index in [9.17, 15) is 14.0 Å². The molecule has 0 aliphatic carbocycles. The Morgan fingerprint density at radius 1 is 1.24 bits per heavy atom. The molecule has 0 saturated carbocycles. The van der Waals surface area contributed by atoms with Crippen molar-refractivity contribution in [1.29, 1.82) is 0 Å². The fourth-order valence-electron chi connectivity index (χ4n) is 5.75. The number of rotatable bonds is 7. The number of aryl methyl sites for hydroxylation is 2. The lowest BCUT2D eigenvalue weighted by Crippen LogP contribution is -2.55. The number of carbonyl (C=O) groups is 1. The van der Waals surface area contributed by atoms with E-state index in [-0.39, 0.29) is 38.1 Å². The van der Waals surface area contributed by atoms with E-state index in [0.717, 1.165) is 79.9 Å². The molecule has 1 fully saturated rings. The second kappa shape index (κ2) is 11.6. The van der Waals surface area contributed by atoms with Crippen LogP contribution in [0.5, 0.6) is 0 Å². The third-order valence-electron chi connectivity index (χ3n) is 7.89. The fraction of sp³-hybridized carbons (Fsp3) is 0.536. The molecule has 10 heteroatoms. The zero-order chi connectivity index (χ0) is 26.0. The summed E-state index contributed by atoms with van der Waals surface area (Å²) in [6.07, 6.45) is 4.37. The molecule has 0 N–H and O–H groups in total. The SMILES string of the molecule is CCOC(=O)OC[N+]1(CCc2c(C)nc3n(c2=O)CCCC3)CCC(c2noc3cc(F)ccc23)CC1.[CH3-]. The average molecular weight is 529 g/mol. The van der Waals surface area contributed by atoms with Crippen LogP contribution in [0.3, 0.4) is 0 Å². The highest BCUT2D eigenvalue weighted by Gasteiger charge is 2.37. The Labute approximate surface area is 222 Å². The van der Waals surface area contributed by atoms with Gasteiger partial charge in [0.25, 0.3) is 5.56 Å². The van der Waals surface area contributed by atoms with Crippen LogP contribution in [0.15, 0.2) is 27.5 Å². The minimum Gasteiger partial charge on any atom is -0.434 e. The molecule has 0 radical (unpaired) electrons. The maximum absolute atomic E-state index is 13.6. The first-order chi connectivity index (χ1) is 17.9. The number of likely N-dealkylation sites (tertiary alicyclic amines) is 1. The molecule has 206 valence electrons. The van der Waals surface area contributed by atoms with E-state index in [0.29, 0.717) is 23.0 Å². The van der Waals surface area contributed by atoms with Gasteiger partial charge in [-0.15, -0.1) is 0 Å². The van der Waals surface area contributed by atoms with Crippen molar-refractivity contribution in [1.82, 2.24) is 14.7 Å². The third-order valence-corrected chi connectivity index (χ3v) is 7.89. The van der Waals surface area contributed by atoms with Gasteiger partial charge in [0, 0.05) is 60.9 Å². The Morgan fingerprint density at radius 3 is 2.79 bits per heavy atom. The number of ether oxygens (including phenoxy) is 2. The molecule has 1 saturated heterocycles. The van der Waals surface area contributed by atoms with Gasteiger partial charge >= 0.3 is 6.16 Å². The number of hydrogen-bond acceptors (Lipinski definition) is 7. The van der Waals surface area contributed by atoms with E-state index in [2.05, 4.69) is 5.16 Å². The number of aromatic nitrogens is 3. The van der Waals surface area contributed by atoms with Crippen molar-refractivity contribution in [2.24, 2.45) is 0 Å². The van der Waals surface area contributed by atoms with E-state index in [1.807, 2.05) is 11.5 Å². The zero-order valence-electron chi connectivity index (χ0n) is 22.5. The molecule has 1 aromatic carbocycles. The first-order valence-electron chi connectivity index (χ1n) is 13.2. The topological polar surface area (TPSA) is 96.5 Å². The van der Waals surface area contributed by atoms with Crippen molar-refractivity contribution in [3.63, 3.8) is 0 Å². The highest BCUT2D eigenvalue weighted by molar-refractivity contribution is 5.79. The van der Waals surface area contributed by atoms with E-state index in [1.54, 1.807) is 13.0 Å². The molecular weight excluding hydrogens is 491 g/mol. The fourth-order valence-corrected chi connectivity index (χ4v) is 5.75. The van der Waals surface area contributed by atoms with Crippen molar-refractivity contribution in [3.8, 4) is 0 Å². The van der Waals surface area contributed by atoms with Gasteiger partial charge in [0.1, 0.15) is 11.6 Å². The normalized spacial score (nSPS) is 21.0. The summed E-state index contributed by atoms with van der Waals surface area (Å²) in [5, 5.41) is 5.09. The van der Waals surface area contributed by atoms with Crippen molar-refractivity contribution < 1.29 is 27.7 Å². The number of halogens is 1. The van der Waals surface area contributed by atoms with Crippen molar-refractivity contribution in [3.05, 3.63) is 64.6 Å². The van der Waals surface area contributed by atoms with Gasteiger partial charge in [0.05, 0.1) is 31.9 Å². The van der Waals surface area contributed by atoms with Gasteiger partial charge in [-0.1, -0.05) is 5.16 Å². The lowest BCUT2D eigenvalue weighted by molar-refractivity contribution is -0.948. The predicted octanol–water partition coefficient (Wildman–Crippen LogP) is 4.69. The summed E-state index contributed by atoms with van der Waals surface area (Å²) < 4.78 is 31.9. The van der Waals surface area contributed by atoms with Crippen molar-refractivity contribution in [2.45, 2.75) is 64.8 Å². The lowest BCUT2D eigenvalue weighted by atomic mass is 9.90. The molecule has 0 amide bonds. The molecule has 5 rings (SSSR count). The zero-order valence-corrected chi connectivity index (χ0v) is 22.5. The van der Waals surface area contributed by atoms with Gasteiger partial charge < -0.3 is 21.4 Å². The summed E-state index contributed by atoms with van der Waals surface area (Å²) in [5.74, 6) is 0.680. The average Bonchev–Trinajstić information content (AvgIpc) is 3.31. The highest BCUT2D eigenvalue weighted by atomic mass is 19.1. The summed E-state index contributed by atoms with van der Waals surface area (Å²) in [5.41, 5.74) is 2.88. The summed E-state index contributed by atoms with van der Waals surface area (Å²) in [4.78, 5) is 30.1. The molecule has 2 aliphatic rings. The minimum absolute atomic E-state index is 0. The molecule has 0 spiro atoms. The molecule has 0 unspecified atom stereocenters. The van der Waals surface area contributed by atoms with Crippen LogP contribution in [-0.4, -0.2) is 58.3 Å². The number of quaternary nitrogens is 1. The molecule has 0 atom stereocenters. The Hall–Kier alpha value is -3.27. The summed E-state index contributed by atoms with van der Waals surface area (Å²) in [6.45, 7) is 6.91. The number of carbonyl (C=O) groups excluding carboxylic acids is 1. The number of piperidine rings is 1. The Kier molecular flexibility index (Phi) is 8.50. The monoisotopic (exact) mass is 528 g/mol. The van der Waals surface area contributed by atoms with Gasteiger partial charge in [-0.25, -0.2) is 14.2 Å².